The molecule has 0 heterocycles. The Balaban J connectivity index is 2.39. The van der Waals surface area contributed by atoms with Gasteiger partial charge in [0.25, 0.3) is 0 Å². The molecule has 1 N–H and O–H groups in total. The molecule has 2 aromatic carbocycles. The molecule has 0 bridgehead atoms. The SMILES string of the molecule is CNC(C)c1cc(C(F)(F)F)ccc1Oc1ccc(Cl)cc1. The van der Waals surface area contributed by atoms with E-state index in [1.54, 1.807) is 38.2 Å². The van der Waals surface area contributed by atoms with E-state index < -0.39 is 11.7 Å². The van der Waals surface area contributed by atoms with Crippen LogP contribution in [0, 0.1) is 0 Å². The molecule has 2 aromatic rings. The van der Waals surface area contributed by atoms with Crippen LogP contribution in [-0.2, 0) is 6.18 Å². The van der Waals surface area contributed by atoms with Crippen molar-refractivity contribution in [2.24, 2.45) is 0 Å². The molecule has 2 rings (SSSR count). The van der Waals surface area contributed by atoms with Crippen molar-refractivity contribution in [3.8, 4) is 11.5 Å². The van der Waals surface area contributed by atoms with Gasteiger partial charge < -0.3 is 10.1 Å². The van der Waals surface area contributed by atoms with E-state index in [2.05, 4.69) is 5.32 Å². The van der Waals surface area contributed by atoms with E-state index in [1.165, 1.54) is 6.07 Å². The zero-order valence-electron chi connectivity index (χ0n) is 12.0. The first-order chi connectivity index (χ1) is 10.3. The maximum atomic E-state index is 12.9. The van der Waals surface area contributed by atoms with E-state index in [0.29, 0.717) is 22.1 Å². The number of nitrogens with one attached hydrogen (secondary N) is 1. The van der Waals surface area contributed by atoms with Gasteiger partial charge in [0.15, 0.2) is 0 Å². The molecule has 0 aliphatic carbocycles. The van der Waals surface area contributed by atoms with E-state index in [-0.39, 0.29) is 6.04 Å². The van der Waals surface area contributed by atoms with Gasteiger partial charge in [-0.2, -0.15) is 13.2 Å². The summed E-state index contributed by atoms with van der Waals surface area (Å²) >= 11 is 5.80. The first kappa shape index (κ1) is 16.6. The third-order valence-corrected chi connectivity index (χ3v) is 3.53. The van der Waals surface area contributed by atoms with Gasteiger partial charge in [-0.05, 0) is 56.4 Å². The summed E-state index contributed by atoms with van der Waals surface area (Å²) in [6.45, 7) is 1.77. The van der Waals surface area contributed by atoms with E-state index in [1.807, 2.05) is 0 Å². The van der Waals surface area contributed by atoms with Gasteiger partial charge in [0, 0.05) is 16.6 Å². The van der Waals surface area contributed by atoms with Crippen molar-refractivity contribution in [2.45, 2.75) is 19.1 Å². The summed E-state index contributed by atoms with van der Waals surface area (Å²) in [4.78, 5) is 0. The molecule has 0 saturated carbocycles. The van der Waals surface area contributed by atoms with Crippen LogP contribution in [0.4, 0.5) is 13.2 Å². The van der Waals surface area contributed by atoms with Crippen molar-refractivity contribution in [3.05, 3.63) is 58.6 Å². The first-order valence-electron chi connectivity index (χ1n) is 6.63. The summed E-state index contributed by atoms with van der Waals surface area (Å²) in [5.74, 6) is 0.880. The summed E-state index contributed by atoms with van der Waals surface area (Å²) in [6.07, 6.45) is -4.39. The van der Waals surface area contributed by atoms with Gasteiger partial charge >= 0.3 is 6.18 Å². The number of halogens is 4. The lowest BCUT2D eigenvalue weighted by Crippen LogP contribution is -2.15. The Morgan fingerprint density at radius 3 is 2.27 bits per heavy atom. The number of alkyl halides is 3. The standard InChI is InChI=1S/C16H15ClF3NO/c1-10(21-2)14-9-11(16(18,19)20)3-8-15(14)22-13-6-4-12(17)5-7-13/h3-10,21H,1-2H3. The predicted molar refractivity (Wildman–Crippen MR) is 80.4 cm³/mol. The zero-order chi connectivity index (χ0) is 16.3. The molecular formula is C16H15ClF3NO. The highest BCUT2D eigenvalue weighted by Crippen LogP contribution is 2.36. The van der Waals surface area contributed by atoms with Crippen LogP contribution in [0.1, 0.15) is 24.1 Å². The fraction of sp³-hybridized carbons (Fsp3) is 0.250. The summed E-state index contributed by atoms with van der Waals surface area (Å²) in [5, 5.41) is 3.49. The maximum absolute atomic E-state index is 12.9. The minimum atomic E-state index is -4.39. The normalized spacial score (nSPS) is 13.0. The smallest absolute Gasteiger partial charge is 0.416 e. The van der Waals surface area contributed by atoms with Crippen molar-refractivity contribution in [3.63, 3.8) is 0 Å². The third kappa shape index (κ3) is 3.93. The van der Waals surface area contributed by atoms with Crippen molar-refractivity contribution in [1.82, 2.24) is 5.32 Å². The Hall–Kier alpha value is -1.72. The van der Waals surface area contributed by atoms with Crippen LogP contribution < -0.4 is 10.1 Å². The van der Waals surface area contributed by atoms with E-state index in [0.717, 1.165) is 12.1 Å². The molecule has 6 heteroatoms. The van der Waals surface area contributed by atoms with Crippen molar-refractivity contribution in [1.29, 1.82) is 0 Å². The van der Waals surface area contributed by atoms with Gasteiger partial charge in [0.1, 0.15) is 11.5 Å². The maximum Gasteiger partial charge on any atom is 0.416 e. The number of rotatable bonds is 4. The summed E-state index contributed by atoms with van der Waals surface area (Å²) in [6, 6.07) is 9.79. The van der Waals surface area contributed by atoms with Crippen LogP contribution in [0.3, 0.4) is 0 Å². The molecule has 118 valence electrons. The highest BCUT2D eigenvalue weighted by molar-refractivity contribution is 6.30. The van der Waals surface area contributed by atoms with Gasteiger partial charge in [-0.1, -0.05) is 11.6 Å². The Bertz CT molecular complexity index is 641. The quantitative estimate of drug-likeness (QED) is 0.807. The Kier molecular flexibility index (Phi) is 4.98. The third-order valence-electron chi connectivity index (χ3n) is 3.28. The fourth-order valence-electron chi connectivity index (χ4n) is 1.94. The molecule has 0 fully saturated rings. The molecule has 2 nitrogen and oxygen atoms in total. The first-order valence-corrected chi connectivity index (χ1v) is 7.01. The lowest BCUT2D eigenvalue weighted by Gasteiger charge is -2.18. The number of benzene rings is 2. The van der Waals surface area contributed by atoms with Gasteiger partial charge in [-0.15, -0.1) is 0 Å². The summed E-state index contributed by atoms with van der Waals surface area (Å²) in [7, 11) is 1.68. The molecule has 0 amide bonds. The van der Waals surface area contributed by atoms with Crippen molar-refractivity contribution < 1.29 is 17.9 Å². The van der Waals surface area contributed by atoms with Gasteiger partial charge in [-0.25, -0.2) is 0 Å². The van der Waals surface area contributed by atoms with Crippen LogP contribution in [0.25, 0.3) is 0 Å². The molecular weight excluding hydrogens is 315 g/mol. The molecule has 22 heavy (non-hydrogen) atoms. The Labute approximate surface area is 131 Å². The highest BCUT2D eigenvalue weighted by atomic mass is 35.5. The lowest BCUT2D eigenvalue weighted by atomic mass is 10.0. The van der Waals surface area contributed by atoms with Crippen LogP contribution in [-0.4, -0.2) is 7.05 Å². The minimum Gasteiger partial charge on any atom is -0.457 e. The van der Waals surface area contributed by atoms with Crippen LogP contribution in [0.2, 0.25) is 5.02 Å². The second-order valence-electron chi connectivity index (χ2n) is 4.82. The van der Waals surface area contributed by atoms with E-state index in [9.17, 15) is 13.2 Å². The summed E-state index contributed by atoms with van der Waals surface area (Å²) in [5.41, 5.74) is -0.264. The molecule has 0 aliphatic heterocycles. The number of hydrogen-bond acceptors (Lipinski definition) is 2. The fourth-order valence-corrected chi connectivity index (χ4v) is 2.07. The largest absolute Gasteiger partial charge is 0.457 e. The second-order valence-corrected chi connectivity index (χ2v) is 5.25. The van der Waals surface area contributed by atoms with Crippen molar-refractivity contribution >= 4 is 11.6 Å². The molecule has 1 atom stereocenters. The topological polar surface area (TPSA) is 21.3 Å². The molecule has 0 spiro atoms. The number of hydrogen-bond donors (Lipinski definition) is 1. The Morgan fingerprint density at radius 2 is 1.73 bits per heavy atom. The van der Waals surface area contributed by atoms with Crippen molar-refractivity contribution in [2.75, 3.05) is 7.05 Å². The summed E-state index contributed by atoms with van der Waals surface area (Å²) < 4.78 is 44.3. The zero-order valence-corrected chi connectivity index (χ0v) is 12.8. The van der Waals surface area contributed by atoms with Gasteiger partial charge in [0.2, 0.25) is 0 Å². The van der Waals surface area contributed by atoms with Crippen LogP contribution >= 0.6 is 11.6 Å². The lowest BCUT2D eigenvalue weighted by molar-refractivity contribution is -0.137. The molecule has 0 aliphatic rings. The average molecular weight is 330 g/mol. The van der Waals surface area contributed by atoms with E-state index >= 15 is 0 Å². The van der Waals surface area contributed by atoms with Crippen LogP contribution in [0.15, 0.2) is 42.5 Å². The molecule has 0 radical (unpaired) electrons. The second kappa shape index (κ2) is 6.58. The molecule has 0 aromatic heterocycles. The Morgan fingerprint density at radius 1 is 1.09 bits per heavy atom. The monoisotopic (exact) mass is 329 g/mol. The average Bonchev–Trinajstić information content (AvgIpc) is 2.48. The van der Waals surface area contributed by atoms with Gasteiger partial charge in [-0.3, -0.25) is 0 Å². The van der Waals surface area contributed by atoms with E-state index in [4.69, 9.17) is 16.3 Å². The predicted octanol–water partition coefficient (Wildman–Crippen LogP) is 5.43. The van der Waals surface area contributed by atoms with Gasteiger partial charge in [0.05, 0.1) is 5.56 Å². The molecule has 1 unspecified atom stereocenters. The highest BCUT2D eigenvalue weighted by Gasteiger charge is 2.31. The number of ether oxygens (including phenoxy) is 1. The minimum absolute atomic E-state index is 0.287. The molecule has 0 saturated heterocycles. The van der Waals surface area contributed by atoms with Crippen LogP contribution in [0.5, 0.6) is 11.5 Å².